The number of rotatable bonds is 5. The van der Waals surface area contributed by atoms with E-state index in [1.807, 2.05) is 0 Å². The van der Waals surface area contributed by atoms with E-state index in [1.165, 1.54) is 32.1 Å². The molecule has 0 amide bonds. The fraction of sp³-hybridized carbons (Fsp3) is 1.00. The smallest absolute Gasteiger partial charge is 0.0658 e. The van der Waals surface area contributed by atoms with Crippen LogP contribution in [0.5, 0.6) is 0 Å². The van der Waals surface area contributed by atoms with Crippen LogP contribution in [0.3, 0.4) is 0 Å². The van der Waals surface area contributed by atoms with Gasteiger partial charge in [0, 0.05) is 24.1 Å². The normalized spacial score (nSPS) is 46.9. The lowest BCUT2D eigenvalue weighted by Gasteiger charge is -2.55. The Morgan fingerprint density at radius 3 is 2.47 bits per heavy atom. The maximum atomic E-state index is 5.91. The average Bonchev–Trinajstić information content (AvgIpc) is 2.39. The highest BCUT2D eigenvalue weighted by atomic mass is 16.5. The van der Waals surface area contributed by atoms with Gasteiger partial charge in [0.15, 0.2) is 0 Å². The Bertz CT molecular complexity index is 293. The molecule has 19 heavy (non-hydrogen) atoms. The van der Waals surface area contributed by atoms with E-state index in [1.54, 1.807) is 0 Å². The largest absolute Gasteiger partial charge is 0.378 e. The summed E-state index contributed by atoms with van der Waals surface area (Å²) in [4.78, 5) is 0. The molecule has 112 valence electrons. The van der Waals surface area contributed by atoms with Crippen molar-refractivity contribution in [1.29, 1.82) is 0 Å². The zero-order valence-corrected chi connectivity index (χ0v) is 13.5. The first kappa shape index (κ1) is 15.3. The van der Waals surface area contributed by atoms with Crippen molar-refractivity contribution in [2.75, 3.05) is 6.61 Å². The van der Waals surface area contributed by atoms with E-state index in [4.69, 9.17) is 4.74 Å². The van der Waals surface area contributed by atoms with Crippen molar-refractivity contribution in [3.63, 3.8) is 0 Å². The van der Waals surface area contributed by atoms with Gasteiger partial charge in [-0.2, -0.15) is 0 Å². The second-order valence-corrected chi connectivity index (χ2v) is 7.26. The van der Waals surface area contributed by atoms with Crippen molar-refractivity contribution in [3.05, 3.63) is 0 Å². The zero-order valence-electron chi connectivity index (χ0n) is 13.5. The molecule has 2 saturated carbocycles. The summed E-state index contributed by atoms with van der Waals surface area (Å²) >= 11 is 0. The minimum atomic E-state index is 0.346. The molecule has 0 aliphatic heterocycles. The highest BCUT2D eigenvalue weighted by Crippen LogP contribution is 2.46. The summed E-state index contributed by atoms with van der Waals surface area (Å²) in [5, 5.41) is 3.98. The lowest BCUT2D eigenvalue weighted by molar-refractivity contribution is -0.130. The van der Waals surface area contributed by atoms with Crippen molar-refractivity contribution in [3.8, 4) is 0 Å². The molecule has 0 aromatic rings. The molecule has 6 unspecified atom stereocenters. The molecule has 0 saturated heterocycles. The van der Waals surface area contributed by atoms with Crippen LogP contribution in [0, 0.1) is 17.3 Å². The van der Waals surface area contributed by atoms with Crippen molar-refractivity contribution in [2.45, 2.75) is 84.9 Å². The third kappa shape index (κ3) is 3.00. The van der Waals surface area contributed by atoms with Crippen molar-refractivity contribution in [2.24, 2.45) is 17.3 Å². The van der Waals surface area contributed by atoms with Crippen LogP contribution in [-0.2, 0) is 4.74 Å². The van der Waals surface area contributed by atoms with E-state index in [0.717, 1.165) is 24.5 Å². The van der Waals surface area contributed by atoms with Gasteiger partial charge in [0.25, 0.3) is 0 Å². The molecule has 0 aromatic heterocycles. The summed E-state index contributed by atoms with van der Waals surface area (Å²) in [6.45, 7) is 12.5. The van der Waals surface area contributed by atoms with Gasteiger partial charge in [-0.15, -0.1) is 0 Å². The molecule has 2 heteroatoms. The Kier molecular flexibility index (Phi) is 4.94. The van der Waals surface area contributed by atoms with Crippen LogP contribution in [0.25, 0.3) is 0 Å². The van der Waals surface area contributed by atoms with Crippen LogP contribution >= 0.6 is 0 Å². The van der Waals surface area contributed by atoms with Crippen molar-refractivity contribution >= 4 is 0 Å². The fourth-order valence-corrected chi connectivity index (χ4v) is 4.18. The molecule has 1 N–H and O–H groups in total. The van der Waals surface area contributed by atoms with Crippen molar-refractivity contribution in [1.82, 2.24) is 5.32 Å². The van der Waals surface area contributed by atoms with Crippen LogP contribution in [0.1, 0.15) is 66.7 Å². The maximum Gasteiger partial charge on any atom is 0.0658 e. The van der Waals surface area contributed by atoms with Crippen LogP contribution in [0.15, 0.2) is 0 Å². The van der Waals surface area contributed by atoms with Gasteiger partial charge >= 0.3 is 0 Å². The van der Waals surface area contributed by atoms with Gasteiger partial charge in [0.2, 0.25) is 0 Å². The van der Waals surface area contributed by atoms with E-state index < -0.39 is 0 Å². The molecule has 2 rings (SSSR count). The van der Waals surface area contributed by atoms with Crippen LogP contribution in [0.4, 0.5) is 0 Å². The van der Waals surface area contributed by atoms with E-state index >= 15 is 0 Å². The Morgan fingerprint density at radius 2 is 1.89 bits per heavy atom. The van der Waals surface area contributed by atoms with Crippen LogP contribution < -0.4 is 5.32 Å². The Morgan fingerprint density at radius 1 is 1.16 bits per heavy atom. The monoisotopic (exact) mass is 267 g/mol. The quantitative estimate of drug-likeness (QED) is 0.813. The highest BCUT2D eigenvalue weighted by molar-refractivity contribution is 5.06. The van der Waals surface area contributed by atoms with Crippen molar-refractivity contribution < 1.29 is 4.74 Å². The van der Waals surface area contributed by atoms with Crippen LogP contribution in [0.2, 0.25) is 0 Å². The lowest BCUT2D eigenvalue weighted by atomic mass is 9.61. The average molecular weight is 267 g/mol. The molecule has 2 fully saturated rings. The molecule has 2 aliphatic rings. The van der Waals surface area contributed by atoms with Gasteiger partial charge < -0.3 is 10.1 Å². The standard InChI is InChI=1S/C17H33NO/c1-6-17(5)15(11-16(17)19-7-2)18-14-9-8-12(3)10-13(14)4/h12-16,18H,6-11H2,1-5H3. The summed E-state index contributed by atoms with van der Waals surface area (Å²) < 4.78 is 5.91. The predicted molar refractivity (Wildman–Crippen MR) is 81.3 cm³/mol. The molecule has 0 radical (unpaired) electrons. The topological polar surface area (TPSA) is 21.3 Å². The Hall–Kier alpha value is -0.0800. The second-order valence-electron chi connectivity index (χ2n) is 7.26. The maximum absolute atomic E-state index is 5.91. The summed E-state index contributed by atoms with van der Waals surface area (Å²) in [7, 11) is 0. The van der Waals surface area contributed by atoms with Gasteiger partial charge in [0.05, 0.1) is 6.10 Å². The third-order valence-electron chi connectivity index (χ3n) is 5.96. The second kappa shape index (κ2) is 6.13. The molecule has 0 aromatic carbocycles. The molecule has 2 nitrogen and oxygen atoms in total. The van der Waals surface area contributed by atoms with E-state index in [9.17, 15) is 0 Å². The van der Waals surface area contributed by atoms with Gasteiger partial charge in [-0.1, -0.05) is 27.7 Å². The summed E-state index contributed by atoms with van der Waals surface area (Å²) in [5.41, 5.74) is 0.346. The fourth-order valence-electron chi connectivity index (χ4n) is 4.18. The minimum Gasteiger partial charge on any atom is -0.378 e. The minimum absolute atomic E-state index is 0.346. The van der Waals surface area contributed by atoms with E-state index in [0.29, 0.717) is 17.6 Å². The Labute approximate surface area is 119 Å². The van der Waals surface area contributed by atoms with Gasteiger partial charge in [-0.3, -0.25) is 0 Å². The number of hydrogen-bond donors (Lipinski definition) is 1. The molecular weight excluding hydrogens is 234 g/mol. The predicted octanol–water partition coefficient (Wildman–Crippen LogP) is 3.99. The SMILES string of the molecule is CCOC1CC(NC2CCC(C)CC2C)C1(C)CC. The molecule has 6 atom stereocenters. The highest BCUT2D eigenvalue weighted by Gasteiger charge is 2.51. The lowest BCUT2D eigenvalue weighted by Crippen LogP contribution is -2.64. The molecular formula is C17H33NO. The van der Waals surface area contributed by atoms with E-state index in [2.05, 4.69) is 39.9 Å². The molecule has 0 spiro atoms. The van der Waals surface area contributed by atoms with Gasteiger partial charge in [0.1, 0.15) is 0 Å². The summed E-state index contributed by atoms with van der Waals surface area (Å²) in [5.74, 6) is 1.75. The summed E-state index contributed by atoms with van der Waals surface area (Å²) in [6, 6.07) is 1.39. The first-order chi connectivity index (χ1) is 9.01. The zero-order chi connectivity index (χ0) is 14.0. The Balaban J connectivity index is 1.89. The van der Waals surface area contributed by atoms with Gasteiger partial charge in [-0.25, -0.2) is 0 Å². The molecule has 0 heterocycles. The number of hydrogen-bond acceptors (Lipinski definition) is 2. The number of nitrogens with one attached hydrogen (secondary N) is 1. The van der Waals surface area contributed by atoms with Crippen LogP contribution in [-0.4, -0.2) is 24.8 Å². The van der Waals surface area contributed by atoms with Gasteiger partial charge in [-0.05, 0) is 50.9 Å². The molecule has 2 aliphatic carbocycles. The first-order valence-electron chi connectivity index (χ1n) is 8.38. The molecule has 0 bridgehead atoms. The number of ether oxygens (including phenoxy) is 1. The summed E-state index contributed by atoms with van der Waals surface area (Å²) in [6.07, 6.45) is 7.04. The first-order valence-corrected chi connectivity index (χ1v) is 8.38. The third-order valence-corrected chi connectivity index (χ3v) is 5.96. The van der Waals surface area contributed by atoms with E-state index in [-0.39, 0.29) is 0 Å².